The zero-order valence-electron chi connectivity index (χ0n) is 6.54. The minimum atomic E-state index is -0.417. The van der Waals surface area contributed by atoms with Gasteiger partial charge >= 0.3 is 0 Å². The summed E-state index contributed by atoms with van der Waals surface area (Å²) in [5, 5.41) is 11.5. The summed E-state index contributed by atoms with van der Waals surface area (Å²) in [5.74, 6) is 0. The first-order valence-electron chi connectivity index (χ1n) is 3.43. The van der Waals surface area contributed by atoms with Crippen LogP contribution in [0.25, 0.3) is 0 Å². The fourth-order valence-electron chi connectivity index (χ4n) is 0.874. The molecular weight excluding hydrogens is 304 g/mol. The summed E-state index contributed by atoms with van der Waals surface area (Å²) in [5.41, 5.74) is 1.42. The van der Waals surface area contributed by atoms with Crippen molar-refractivity contribution in [3.05, 3.63) is 33.6 Å². The van der Waals surface area contributed by atoms with E-state index in [0.29, 0.717) is 22.0 Å². The van der Waals surface area contributed by atoms with Gasteiger partial charge in [-0.15, -0.1) is 0 Å². The SMILES string of the molecule is O=[N+]([O-])c1cc(CBr)nc(CBr)c1. The number of pyridine rings is 1. The lowest BCUT2D eigenvalue weighted by Crippen LogP contribution is -1.96. The van der Waals surface area contributed by atoms with E-state index in [1.165, 1.54) is 12.1 Å². The molecular formula is C7H6Br2N2O2. The fourth-order valence-corrected chi connectivity index (χ4v) is 1.45. The van der Waals surface area contributed by atoms with Crippen LogP contribution in [-0.2, 0) is 10.7 Å². The summed E-state index contributed by atoms with van der Waals surface area (Å²) in [7, 11) is 0. The maximum atomic E-state index is 10.5. The van der Waals surface area contributed by atoms with Gasteiger partial charge in [-0.05, 0) is 0 Å². The molecule has 1 aromatic heterocycles. The Hall–Kier alpha value is -0.490. The second kappa shape index (κ2) is 4.66. The number of aromatic nitrogens is 1. The summed E-state index contributed by atoms with van der Waals surface area (Å²) in [4.78, 5) is 14.2. The van der Waals surface area contributed by atoms with Crippen molar-refractivity contribution in [3.63, 3.8) is 0 Å². The third-order valence-corrected chi connectivity index (χ3v) is 2.55. The number of halogens is 2. The highest BCUT2D eigenvalue weighted by Crippen LogP contribution is 2.17. The zero-order valence-corrected chi connectivity index (χ0v) is 9.71. The molecule has 1 aromatic rings. The van der Waals surface area contributed by atoms with Gasteiger partial charge in [0.25, 0.3) is 5.69 Å². The summed E-state index contributed by atoms with van der Waals surface area (Å²) < 4.78 is 0. The quantitative estimate of drug-likeness (QED) is 0.490. The van der Waals surface area contributed by atoms with E-state index in [2.05, 4.69) is 36.8 Å². The van der Waals surface area contributed by atoms with Crippen molar-refractivity contribution in [3.8, 4) is 0 Å². The first-order valence-corrected chi connectivity index (χ1v) is 5.68. The van der Waals surface area contributed by atoms with Gasteiger partial charge in [-0.3, -0.25) is 15.1 Å². The molecule has 13 heavy (non-hydrogen) atoms. The molecule has 70 valence electrons. The van der Waals surface area contributed by atoms with E-state index in [-0.39, 0.29) is 5.69 Å². The summed E-state index contributed by atoms with van der Waals surface area (Å²) in [6.07, 6.45) is 0. The second-order valence-electron chi connectivity index (χ2n) is 2.33. The molecule has 0 saturated carbocycles. The topological polar surface area (TPSA) is 56.0 Å². The molecule has 0 amide bonds. The molecule has 1 heterocycles. The third-order valence-electron chi connectivity index (χ3n) is 1.40. The number of hydrogen-bond acceptors (Lipinski definition) is 3. The van der Waals surface area contributed by atoms with Gasteiger partial charge in [-0.2, -0.15) is 0 Å². The molecule has 0 aromatic carbocycles. The number of alkyl halides is 2. The zero-order chi connectivity index (χ0) is 9.84. The molecule has 0 spiro atoms. The lowest BCUT2D eigenvalue weighted by molar-refractivity contribution is -0.385. The molecule has 0 saturated heterocycles. The average Bonchev–Trinajstić information content (AvgIpc) is 2.16. The molecule has 6 heteroatoms. The van der Waals surface area contributed by atoms with Crippen molar-refractivity contribution < 1.29 is 4.92 Å². The summed E-state index contributed by atoms with van der Waals surface area (Å²) >= 11 is 6.41. The minimum Gasteiger partial charge on any atom is -0.258 e. The first-order chi connectivity index (χ1) is 6.17. The monoisotopic (exact) mass is 308 g/mol. The van der Waals surface area contributed by atoms with Crippen LogP contribution in [0, 0.1) is 10.1 Å². The molecule has 0 aliphatic rings. The Morgan fingerprint density at radius 2 is 1.77 bits per heavy atom. The van der Waals surface area contributed by atoms with Crippen molar-refractivity contribution >= 4 is 37.5 Å². The Balaban J connectivity index is 3.14. The van der Waals surface area contributed by atoms with Crippen LogP contribution < -0.4 is 0 Å². The highest BCUT2D eigenvalue weighted by atomic mass is 79.9. The smallest absolute Gasteiger partial charge is 0.258 e. The Labute approximate surface area is 91.8 Å². The predicted molar refractivity (Wildman–Crippen MR) is 56.2 cm³/mol. The van der Waals surface area contributed by atoms with Crippen molar-refractivity contribution in [2.24, 2.45) is 0 Å². The maximum Gasteiger partial charge on any atom is 0.273 e. The van der Waals surface area contributed by atoms with Crippen molar-refractivity contribution in [1.29, 1.82) is 0 Å². The van der Waals surface area contributed by atoms with Crippen LogP contribution in [0.4, 0.5) is 5.69 Å². The normalized spacial score (nSPS) is 10.0. The number of rotatable bonds is 3. The van der Waals surface area contributed by atoms with Crippen LogP contribution in [0.1, 0.15) is 11.4 Å². The molecule has 0 N–H and O–H groups in total. The third kappa shape index (κ3) is 2.73. The molecule has 0 unspecified atom stereocenters. The highest BCUT2D eigenvalue weighted by Gasteiger charge is 2.09. The van der Waals surface area contributed by atoms with Crippen molar-refractivity contribution in [2.45, 2.75) is 10.7 Å². The lowest BCUT2D eigenvalue weighted by atomic mass is 10.3. The van der Waals surface area contributed by atoms with Crippen molar-refractivity contribution in [2.75, 3.05) is 0 Å². The Bertz CT molecular complexity index is 308. The van der Waals surface area contributed by atoms with Crippen LogP contribution >= 0.6 is 31.9 Å². The van der Waals surface area contributed by atoms with Crippen LogP contribution in [-0.4, -0.2) is 9.91 Å². The van der Waals surface area contributed by atoms with E-state index in [9.17, 15) is 10.1 Å². The molecule has 0 aliphatic heterocycles. The number of nitro groups is 1. The van der Waals surface area contributed by atoms with Crippen LogP contribution in [0.15, 0.2) is 12.1 Å². The highest BCUT2D eigenvalue weighted by molar-refractivity contribution is 9.08. The van der Waals surface area contributed by atoms with Gasteiger partial charge in [0, 0.05) is 22.8 Å². The van der Waals surface area contributed by atoms with E-state index in [1.807, 2.05) is 0 Å². The van der Waals surface area contributed by atoms with Crippen LogP contribution in [0.5, 0.6) is 0 Å². The van der Waals surface area contributed by atoms with Gasteiger partial charge in [-0.25, -0.2) is 0 Å². The van der Waals surface area contributed by atoms with Crippen LogP contribution in [0.3, 0.4) is 0 Å². The lowest BCUT2D eigenvalue weighted by Gasteiger charge is -1.99. The van der Waals surface area contributed by atoms with E-state index in [0.717, 1.165) is 0 Å². The van der Waals surface area contributed by atoms with E-state index in [4.69, 9.17) is 0 Å². The molecule has 4 nitrogen and oxygen atoms in total. The summed E-state index contributed by atoms with van der Waals surface area (Å²) in [6.45, 7) is 0. The van der Waals surface area contributed by atoms with Gasteiger partial charge in [0.05, 0.1) is 16.3 Å². The molecule has 0 radical (unpaired) electrons. The van der Waals surface area contributed by atoms with E-state index < -0.39 is 4.92 Å². The molecule has 0 atom stereocenters. The Morgan fingerprint density at radius 3 is 2.08 bits per heavy atom. The first kappa shape index (κ1) is 10.6. The van der Waals surface area contributed by atoms with Gasteiger partial charge in [-0.1, -0.05) is 31.9 Å². The van der Waals surface area contributed by atoms with Gasteiger partial charge in [0.15, 0.2) is 0 Å². The second-order valence-corrected chi connectivity index (χ2v) is 3.45. The van der Waals surface area contributed by atoms with E-state index >= 15 is 0 Å². The largest absolute Gasteiger partial charge is 0.273 e. The maximum absolute atomic E-state index is 10.5. The fraction of sp³-hybridized carbons (Fsp3) is 0.286. The number of hydrogen-bond donors (Lipinski definition) is 0. The summed E-state index contributed by atoms with van der Waals surface area (Å²) in [6, 6.07) is 2.92. The average molecular weight is 310 g/mol. The predicted octanol–water partition coefficient (Wildman–Crippen LogP) is 2.78. The molecule has 1 rings (SSSR count). The van der Waals surface area contributed by atoms with E-state index in [1.54, 1.807) is 0 Å². The van der Waals surface area contributed by atoms with Gasteiger partial charge < -0.3 is 0 Å². The van der Waals surface area contributed by atoms with Crippen LogP contribution in [0.2, 0.25) is 0 Å². The van der Waals surface area contributed by atoms with Gasteiger partial charge in [0.1, 0.15) is 0 Å². The molecule has 0 aliphatic carbocycles. The standard InChI is InChI=1S/C7H6Br2N2O2/c8-3-5-1-7(11(12)13)2-6(4-9)10-5/h1-2H,3-4H2. The molecule has 0 bridgehead atoms. The Morgan fingerprint density at radius 1 is 1.31 bits per heavy atom. The van der Waals surface area contributed by atoms with Crippen molar-refractivity contribution in [1.82, 2.24) is 4.98 Å². The number of nitrogens with zero attached hydrogens (tertiary/aromatic N) is 2. The molecule has 0 fully saturated rings. The Kier molecular flexibility index (Phi) is 3.80. The minimum absolute atomic E-state index is 0.0823. The van der Waals surface area contributed by atoms with Gasteiger partial charge in [0.2, 0.25) is 0 Å².